The number of hydrogen-bond acceptors (Lipinski definition) is 4. The molecule has 1 amide bonds. The van der Waals surface area contributed by atoms with Crippen LogP contribution in [-0.2, 0) is 11.4 Å². The Kier molecular flexibility index (Phi) is 5.93. The number of carboxylic acids is 1. The average molecular weight is 381 g/mol. The molecular weight excluding hydrogens is 358 g/mol. The van der Waals surface area contributed by atoms with Crippen molar-refractivity contribution < 1.29 is 19.4 Å². The smallest absolute Gasteiger partial charge is 0.326 e. The Morgan fingerprint density at radius 3 is 2.79 bits per heavy atom. The number of carbonyl (C=O) groups excluding carboxylic acids is 1. The molecule has 7 heteroatoms. The fourth-order valence-electron chi connectivity index (χ4n) is 2.85. The Labute approximate surface area is 163 Å². The second-order valence-electron chi connectivity index (χ2n) is 6.69. The summed E-state index contributed by atoms with van der Waals surface area (Å²) in [4.78, 5) is 28.4. The van der Waals surface area contributed by atoms with Gasteiger partial charge in [-0.05, 0) is 36.2 Å². The van der Waals surface area contributed by atoms with Gasteiger partial charge in [0.25, 0.3) is 5.91 Å². The van der Waals surface area contributed by atoms with Crippen molar-refractivity contribution in [3.63, 3.8) is 0 Å². The van der Waals surface area contributed by atoms with Crippen LogP contribution in [0.25, 0.3) is 5.65 Å². The lowest BCUT2D eigenvalue weighted by Crippen LogP contribution is -2.45. The van der Waals surface area contributed by atoms with Gasteiger partial charge >= 0.3 is 5.97 Å². The van der Waals surface area contributed by atoms with E-state index in [2.05, 4.69) is 10.3 Å². The molecule has 0 spiro atoms. The van der Waals surface area contributed by atoms with Crippen LogP contribution in [0.15, 0.2) is 54.9 Å². The third-order valence-electron chi connectivity index (χ3n) is 4.66. The standard InChI is InChI=1S/C21H23N3O4/c1-3-14(2)19(21(26)27)23-20(25)15-7-6-8-17(11-15)28-13-16-12-24-10-5-4-9-18(24)22-16/h4-12,14,19H,3,13H2,1-2H3,(H,23,25)(H,26,27)/t14-,19-/m0/s1. The number of pyridine rings is 1. The number of amides is 1. The van der Waals surface area contributed by atoms with Gasteiger partial charge < -0.3 is 19.6 Å². The minimum Gasteiger partial charge on any atom is -0.487 e. The van der Waals surface area contributed by atoms with E-state index in [1.54, 1.807) is 31.2 Å². The lowest BCUT2D eigenvalue weighted by atomic mass is 9.99. The first-order chi connectivity index (χ1) is 13.5. The Morgan fingerprint density at radius 2 is 2.07 bits per heavy atom. The number of nitrogens with zero attached hydrogens (tertiary/aromatic N) is 2. The molecule has 146 valence electrons. The molecule has 0 unspecified atom stereocenters. The highest BCUT2D eigenvalue weighted by Crippen LogP contribution is 2.16. The SMILES string of the molecule is CC[C@H](C)[C@H](NC(=O)c1cccc(OCc2cn3ccccc3n2)c1)C(=O)O. The fourth-order valence-corrected chi connectivity index (χ4v) is 2.85. The first kappa shape index (κ1) is 19.4. The Bertz CT molecular complexity index is 949. The van der Waals surface area contributed by atoms with Gasteiger partial charge in [-0.1, -0.05) is 32.4 Å². The van der Waals surface area contributed by atoms with E-state index < -0.39 is 17.9 Å². The number of imidazole rings is 1. The third kappa shape index (κ3) is 4.49. The molecule has 1 aromatic carbocycles. The van der Waals surface area contributed by atoms with Crippen molar-refractivity contribution in [1.82, 2.24) is 14.7 Å². The fraction of sp³-hybridized carbons (Fsp3) is 0.286. The van der Waals surface area contributed by atoms with E-state index in [-0.39, 0.29) is 12.5 Å². The van der Waals surface area contributed by atoms with Gasteiger partial charge in [0.15, 0.2) is 0 Å². The molecule has 28 heavy (non-hydrogen) atoms. The van der Waals surface area contributed by atoms with Gasteiger partial charge in [0.05, 0.1) is 5.69 Å². The predicted octanol–water partition coefficient (Wildman–Crippen LogP) is 3.14. The summed E-state index contributed by atoms with van der Waals surface area (Å²) >= 11 is 0. The maximum absolute atomic E-state index is 12.5. The van der Waals surface area contributed by atoms with Crippen LogP contribution in [0, 0.1) is 5.92 Å². The molecule has 0 fully saturated rings. The summed E-state index contributed by atoms with van der Waals surface area (Å²) in [5.74, 6) is -1.14. The van der Waals surface area contributed by atoms with Crippen LogP contribution in [0.1, 0.15) is 36.3 Å². The number of rotatable bonds is 8. The van der Waals surface area contributed by atoms with Crippen LogP contribution in [0.4, 0.5) is 0 Å². The van der Waals surface area contributed by atoms with Gasteiger partial charge in [-0.2, -0.15) is 0 Å². The molecule has 2 aromatic heterocycles. The molecule has 3 aromatic rings. The van der Waals surface area contributed by atoms with E-state index in [1.807, 2.05) is 41.9 Å². The molecule has 7 nitrogen and oxygen atoms in total. The number of nitrogens with one attached hydrogen (secondary N) is 1. The molecule has 0 aliphatic heterocycles. The predicted molar refractivity (Wildman–Crippen MR) is 104 cm³/mol. The number of ether oxygens (including phenoxy) is 1. The van der Waals surface area contributed by atoms with Gasteiger partial charge in [0.1, 0.15) is 24.0 Å². The molecular formula is C21H23N3O4. The van der Waals surface area contributed by atoms with Crippen LogP contribution in [0.5, 0.6) is 5.75 Å². The maximum atomic E-state index is 12.5. The molecule has 0 aliphatic rings. The number of benzene rings is 1. The summed E-state index contributed by atoms with van der Waals surface area (Å²) in [5.41, 5.74) is 1.95. The topological polar surface area (TPSA) is 92.9 Å². The van der Waals surface area contributed by atoms with E-state index in [9.17, 15) is 14.7 Å². The zero-order valence-electron chi connectivity index (χ0n) is 15.8. The summed E-state index contributed by atoms with van der Waals surface area (Å²) in [6.45, 7) is 3.95. The van der Waals surface area contributed by atoms with Crippen molar-refractivity contribution in [2.45, 2.75) is 32.9 Å². The summed E-state index contributed by atoms with van der Waals surface area (Å²) in [7, 11) is 0. The molecule has 0 bridgehead atoms. The average Bonchev–Trinajstić information content (AvgIpc) is 3.12. The van der Waals surface area contributed by atoms with Crippen molar-refractivity contribution in [3.05, 3.63) is 66.1 Å². The number of carboxylic acid groups (broad SMARTS) is 1. The van der Waals surface area contributed by atoms with Crippen molar-refractivity contribution >= 4 is 17.5 Å². The number of fused-ring (bicyclic) bond motifs is 1. The van der Waals surface area contributed by atoms with Crippen molar-refractivity contribution in [2.24, 2.45) is 5.92 Å². The lowest BCUT2D eigenvalue weighted by molar-refractivity contribution is -0.140. The van der Waals surface area contributed by atoms with Crippen LogP contribution in [0.2, 0.25) is 0 Å². The highest BCUT2D eigenvalue weighted by molar-refractivity contribution is 5.96. The molecule has 3 rings (SSSR count). The Balaban J connectivity index is 1.67. The van der Waals surface area contributed by atoms with Gasteiger partial charge in [0, 0.05) is 18.0 Å². The van der Waals surface area contributed by atoms with Crippen molar-refractivity contribution in [3.8, 4) is 5.75 Å². The van der Waals surface area contributed by atoms with Gasteiger partial charge in [-0.25, -0.2) is 9.78 Å². The lowest BCUT2D eigenvalue weighted by Gasteiger charge is -2.20. The van der Waals surface area contributed by atoms with Gasteiger partial charge in [-0.3, -0.25) is 4.79 Å². The number of hydrogen-bond donors (Lipinski definition) is 2. The monoisotopic (exact) mass is 381 g/mol. The first-order valence-electron chi connectivity index (χ1n) is 9.17. The van der Waals surface area contributed by atoms with Crippen LogP contribution in [-0.4, -0.2) is 32.4 Å². The molecule has 2 heterocycles. The van der Waals surface area contributed by atoms with Crippen LogP contribution in [0.3, 0.4) is 0 Å². The van der Waals surface area contributed by atoms with Gasteiger partial charge in [0.2, 0.25) is 0 Å². The first-order valence-corrected chi connectivity index (χ1v) is 9.17. The molecule has 0 radical (unpaired) electrons. The minimum atomic E-state index is -1.04. The van der Waals surface area contributed by atoms with Crippen molar-refractivity contribution in [2.75, 3.05) is 0 Å². The van der Waals surface area contributed by atoms with Gasteiger partial charge in [-0.15, -0.1) is 0 Å². The Hall–Kier alpha value is -3.35. The van der Waals surface area contributed by atoms with E-state index in [0.717, 1.165) is 11.3 Å². The number of aromatic nitrogens is 2. The summed E-state index contributed by atoms with van der Waals surface area (Å²) < 4.78 is 7.67. The largest absolute Gasteiger partial charge is 0.487 e. The third-order valence-corrected chi connectivity index (χ3v) is 4.66. The molecule has 2 atom stereocenters. The highest BCUT2D eigenvalue weighted by atomic mass is 16.5. The van der Waals surface area contributed by atoms with Crippen LogP contribution >= 0.6 is 0 Å². The number of aliphatic carboxylic acids is 1. The maximum Gasteiger partial charge on any atom is 0.326 e. The zero-order chi connectivity index (χ0) is 20.1. The Morgan fingerprint density at radius 1 is 1.25 bits per heavy atom. The zero-order valence-corrected chi connectivity index (χ0v) is 15.8. The van der Waals surface area contributed by atoms with E-state index in [1.165, 1.54) is 0 Å². The summed E-state index contributed by atoms with van der Waals surface area (Å²) in [6, 6.07) is 11.5. The van der Waals surface area contributed by atoms with E-state index >= 15 is 0 Å². The summed E-state index contributed by atoms with van der Waals surface area (Å²) in [5, 5.41) is 11.9. The highest BCUT2D eigenvalue weighted by Gasteiger charge is 2.25. The normalized spacial score (nSPS) is 13.1. The second-order valence-corrected chi connectivity index (χ2v) is 6.69. The molecule has 0 aliphatic carbocycles. The van der Waals surface area contributed by atoms with E-state index in [0.29, 0.717) is 17.7 Å². The molecule has 0 saturated carbocycles. The number of carbonyl (C=O) groups is 2. The second kappa shape index (κ2) is 8.56. The van der Waals surface area contributed by atoms with E-state index in [4.69, 9.17) is 4.74 Å². The van der Waals surface area contributed by atoms with Crippen LogP contribution < -0.4 is 10.1 Å². The van der Waals surface area contributed by atoms with Crippen molar-refractivity contribution in [1.29, 1.82) is 0 Å². The minimum absolute atomic E-state index is 0.170. The quantitative estimate of drug-likeness (QED) is 0.625. The summed E-state index contributed by atoms with van der Waals surface area (Å²) in [6.07, 6.45) is 4.45. The molecule has 2 N–H and O–H groups in total. The molecule has 0 saturated heterocycles.